The Balaban J connectivity index is 1.40. The maximum Gasteiger partial charge on any atom is 0.270 e. The number of hydrogen-bond acceptors (Lipinski definition) is 6. The number of amides is 3. The molecule has 0 spiro atoms. The number of anilines is 1. The summed E-state index contributed by atoms with van der Waals surface area (Å²) >= 11 is 0. The minimum Gasteiger partial charge on any atom is -0.457 e. The van der Waals surface area contributed by atoms with Gasteiger partial charge < -0.3 is 10.1 Å². The van der Waals surface area contributed by atoms with Crippen molar-refractivity contribution in [3.63, 3.8) is 0 Å². The van der Waals surface area contributed by atoms with E-state index in [1.54, 1.807) is 24.3 Å². The molecule has 0 aliphatic carbocycles. The summed E-state index contributed by atoms with van der Waals surface area (Å²) in [6.45, 7) is -0.511. The van der Waals surface area contributed by atoms with Gasteiger partial charge in [-0.2, -0.15) is 0 Å². The number of benzene rings is 3. The number of nitro benzene ring substituents is 1. The summed E-state index contributed by atoms with van der Waals surface area (Å²) < 4.78 is 5.68. The van der Waals surface area contributed by atoms with Gasteiger partial charge in [-0.25, -0.2) is 0 Å². The van der Waals surface area contributed by atoms with Crippen LogP contribution < -0.4 is 10.1 Å². The number of nitro groups is 1. The van der Waals surface area contributed by atoms with Crippen LogP contribution in [0.1, 0.15) is 20.7 Å². The minimum atomic E-state index is -0.745. The number of fused-ring (bicyclic) bond motifs is 1. The van der Waals surface area contributed by atoms with E-state index in [2.05, 4.69) is 5.32 Å². The molecule has 0 saturated heterocycles. The third kappa shape index (κ3) is 4.10. The van der Waals surface area contributed by atoms with Crippen LogP contribution in [0.4, 0.5) is 11.4 Å². The van der Waals surface area contributed by atoms with E-state index in [1.165, 1.54) is 6.07 Å². The Morgan fingerprint density at radius 3 is 2.23 bits per heavy atom. The van der Waals surface area contributed by atoms with Crippen molar-refractivity contribution in [3.05, 3.63) is 94.0 Å². The van der Waals surface area contributed by atoms with Gasteiger partial charge in [0.25, 0.3) is 17.5 Å². The molecule has 3 aromatic rings. The predicted octanol–water partition coefficient (Wildman–Crippen LogP) is 3.62. The van der Waals surface area contributed by atoms with Crippen LogP contribution in [0.25, 0.3) is 0 Å². The van der Waals surface area contributed by atoms with Gasteiger partial charge >= 0.3 is 0 Å². The van der Waals surface area contributed by atoms with Crippen LogP contribution >= 0.6 is 0 Å². The molecule has 0 fully saturated rings. The summed E-state index contributed by atoms with van der Waals surface area (Å²) in [7, 11) is 0. The molecule has 31 heavy (non-hydrogen) atoms. The molecule has 1 N–H and O–H groups in total. The zero-order valence-electron chi connectivity index (χ0n) is 16.0. The number of para-hydroxylation sites is 1. The monoisotopic (exact) mass is 417 g/mol. The van der Waals surface area contributed by atoms with Gasteiger partial charge in [0, 0.05) is 17.8 Å². The molecule has 0 bridgehead atoms. The molecule has 9 nitrogen and oxygen atoms in total. The number of carbonyl (C=O) groups excluding carboxylic acids is 3. The summed E-state index contributed by atoms with van der Waals surface area (Å²) in [5, 5.41) is 13.5. The standard InChI is InChI=1S/C22H15N3O6/c26-20(23-14-6-9-17(10-7-14)31-16-4-2-1-3-5-16)13-24-21(27)18-11-8-15(25(29)30)12-19(18)22(24)28/h1-12H,13H2,(H,23,26). The molecular weight excluding hydrogens is 402 g/mol. The van der Waals surface area contributed by atoms with Gasteiger partial charge in [0.15, 0.2) is 0 Å². The second-order valence-electron chi connectivity index (χ2n) is 6.67. The van der Waals surface area contributed by atoms with Gasteiger partial charge in [0.2, 0.25) is 5.91 Å². The Kier molecular flexibility index (Phi) is 5.15. The van der Waals surface area contributed by atoms with E-state index >= 15 is 0 Å². The Morgan fingerprint density at radius 1 is 0.903 bits per heavy atom. The highest BCUT2D eigenvalue weighted by Gasteiger charge is 2.37. The largest absolute Gasteiger partial charge is 0.457 e. The van der Waals surface area contributed by atoms with Crippen LogP contribution in [0.15, 0.2) is 72.8 Å². The molecule has 0 atom stereocenters. The van der Waals surface area contributed by atoms with E-state index in [-0.39, 0.29) is 16.8 Å². The first kappa shape index (κ1) is 19.8. The summed E-state index contributed by atoms with van der Waals surface area (Å²) in [5.41, 5.74) is 0.0990. The van der Waals surface area contributed by atoms with Crippen LogP contribution in [-0.4, -0.2) is 34.1 Å². The van der Waals surface area contributed by atoms with Crippen LogP contribution in [0, 0.1) is 10.1 Å². The first-order chi connectivity index (χ1) is 14.9. The van der Waals surface area contributed by atoms with Gasteiger partial charge in [-0.3, -0.25) is 29.4 Å². The fraction of sp³-hybridized carbons (Fsp3) is 0.0455. The van der Waals surface area contributed by atoms with Gasteiger partial charge in [-0.05, 0) is 42.5 Å². The molecule has 3 amide bonds. The average Bonchev–Trinajstić information content (AvgIpc) is 3.00. The summed E-state index contributed by atoms with van der Waals surface area (Å²) in [4.78, 5) is 48.3. The SMILES string of the molecule is O=C(CN1C(=O)c2ccc([N+](=O)[O-])cc2C1=O)Nc1ccc(Oc2ccccc2)cc1. The van der Waals surface area contributed by atoms with Crippen LogP contribution in [-0.2, 0) is 4.79 Å². The highest BCUT2D eigenvalue weighted by atomic mass is 16.6. The number of nitrogens with zero attached hydrogens (tertiary/aromatic N) is 2. The van der Waals surface area contributed by atoms with E-state index in [9.17, 15) is 24.5 Å². The maximum atomic E-state index is 12.5. The predicted molar refractivity (Wildman–Crippen MR) is 110 cm³/mol. The Bertz CT molecular complexity index is 1190. The smallest absolute Gasteiger partial charge is 0.270 e. The van der Waals surface area contributed by atoms with Gasteiger partial charge in [0.05, 0.1) is 16.1 Å². The lowest BCUT2D eigenvalue weighted by Crippen LogP contribution is -2.37. The number of carbonyl (C=O) groups is 3. The lowest BCUT2D eigenvalue weighted by molar-refractivity contribution is -0.384. The van der Waals surface area contributed by atoms with Crippen molar-refractivity contribution < 1.29 is 24.0 Å². The number of hydrogen-bond donors (Lipinski definition) is 1. The topological polar surface area (TPSA) is 119 Å². The first-order valence-corrected chi connectivity index (χ1v) is 9.20. The Hall–Kier alpha value is -4.53. The van der Waals surface area contributed by atoms with E-state index in [0.29, 0.717) is 17.2 Å². The molecule has 1 aliphatic rings. The molecule has 154 valence electrons. The molecule has 4 rings (SSSR count). The zero-order chi connectivity index (χ0) is 22.0. The van der Waals surface area contributed by atoms with Crippen molar-refractivity contribution >= 4 is 29.1 Å². The normalized spacial score (nSPS) is 12.5. The first-order valence-electron chi connectivity index (χ1n) is 9.20. The van der Waals surface area contributed by atoms with Crippen LogP contribution in [0.5, 0.6) is 11.5 Å². The van der Waals surface area contributed by atoms with E-state index in [4.69, 9.17) is 4.74 Å². The second-order valence-corrected chi connectivity index (χ2v) is 6.67. The molecule has 9 heteroatoms. The molecule has 1 heterocycles. The number of nitrogens with one attached hydrogen (secondary N) is 1. The summed E-state index contributed by atoms with van der Waals surface area (Å²) in [6.07, 6.45) is 0. The summed E-state index contributed by atoms with van der Waals surface area (Å²) in [5.74, 6) is -0.751. The van der Waals surface area contributed by atoms with Crippen LogP contribution in [0.2, 0.25) is 0 Å². The van der Waals surface area contributed by atoms with E-state index in [0.717, 1.165) is 17.0 Å². The fourth-order valence-corrected chi connectivity index (χ4v) is 3.11. The molecule has 0 radical (unpaired) electrons. The van der Waals surface area contributed by atoms with Gasteiger partial charge in [-0.1, -0.05) is 18.2 Å². The van der Waals surface area contributed by atoms with Crippen molar-refractivity contribution in [1.29, 1.82) is 0 Å². The number of ether oxygens (including phenoxy) is 1. The molecule has 3 aromatic carbocycles. The van der Waals surface area contributed by atoms with Crippen molar-refractivity contribution in [1.82, 2.24) is 4.90 Å². The number of imide groups is 1. The molecule has 0 aromatic heterocycles. The van der Waals surface area contributed by atoms with Gasteiger partial charge in [-0.15, -0.1) is 0 Å². The zero-order valence-corrected chi connectivity index (χ0v) is 16.0. The lowest BCUT2D eigenvalue weighted by Gasteiger charge is -2.14. The molecular formula is C22H15N3O6. The quantitative estimate of drug-likeness (QED) is 0.372. The number of rotatable bonds is 6. The summed E-state index contributed by atoms with van der Waals surface area (Å²) in [6, 6.07) is 19.2. The van der Waals surface area contributed by atoms with Crippen molar-refractivity contribution in [2.45, 2.75) is 0 Å². The number of non-ortho nitro benzene ring substituents is 1. The Labute approximate surface area is 176 Å². The lowest BCUT2D eigenvalue weighted by atomic mass is 10.1. The van der Waals surface area contributed by atoms with Crippen molar-refractivity contribution in [2.24, 2.45) is 0 Å². The minimum absolute atomic E-state index is 0.0332. The van der Waals surface area contributed by atoms with Crippen molar-refractivity contribution in [3.8, 4) is 11.5 Å². The average molecular weight is 417 g/mol. The van der Waals surface area contributed by atoms with E-state index in [1.807, 2.05) is 30.3 Å². The molecule has 0 saturated carbocycles. The van der Waals surface area contributed by atoms with Crippen molar-refractivity contribution in [2.75, 3.05) is 11.9 Å². The highest BCUT2D eigenvalue weighted by molar-refractivity contribution is 6.23. The third-order valence-corrected chi connectivity index (χ3v) is 4.58. The Morgan fingerprint density at radius 2 is 1.55 bits per heavy atom. The van der Waals surface area contributed by atoms with E-state index < -0.39 is 29.2 Å². The van der Waals surface area contributed by atoms with Gasteiger partial charge in [0.1, 0.15) is 18.0 Å². The third-order valence-electron chi connectivity index (χ3n) is 4.58. The second kappa shape index (κ2) is 8.07. The molecule has 0 unspecified atom stereocenters. The molecule has 1 aliphatic heterocycles. The fourth-order valence-electron chi connectivity index (χ4n) is 3.11. The maximum absolute atomic E-state index is 12.5. The van der Waals surface area contributed by atoms with Crippen LogP contribution in [0.3, 0.4) is 0 Å². The highest BCUT2D eigenvalue weighted by Crippen LogP contribution is 2.27.